The molecule has 0 aromatic heterocycles. The van der Waals surface area contributed by atoms with Crippen LogP contribution in [0.15, 0.2) is 36.2 Å². The molecule has 4 aliphatic rings. The van der Waals surface area contributed by atoms with Crippen molar-refractivity contribution in [3.63, 3.8) is 0 Å². The molecular weight excluding hydrogens is 485 g/mol. The topological polar surface area (TPSA) is 63.7 Å². The van der Waals surface area contributed by atoms with E-state index in [2.05, 4.69) is 59.7 Å². The summed E-state index contributed by atoms with van der Waals surface area (Å²) in [5.41, 5.74) is 7.05. The molecule has 2 N–H and O–H groups in total. The molecule has 1 aromatic rings. The van der Waals surface area contributed by atoms with E-state index in [9.17, 15) is 9.50 Å². The van der Waals surface area contributed by atoms with Crippen molar-refractivity contribution in [2.24, 2.45) is 17.8 Å². The second-order valence-corrected chi connectivity index (χ2v) is 11.9. The molecule has 0 aliphatic carbocycles. The summed E-state index contributed by atoms with van der Waals surface area (Å²) in [7, 11) is 4.12. The van der Waals surface area contributed by atoms with Crippen LogP contribution in [0.3, 0.4) is 0 Å². The van der Waals surface area contributed by atoms with Crippen molar-refractivity contribution in [3.05, 3.63) is 41.7 Å². The van der Waals surface area contributed by atoms with Gasteiger partial charge in [-0.1, -0.05) is 19.1 Å². The van der Waals surface area contributed by atoms with E-state index in [4.69, 9.17) is 9.47 Å². The van der Waals surface area contributed by atoms with Crippen LogP contribution in [-0.4, -0.2) is 98.7 Å². The van der Waals surface area contributed by atoms with Crippen molar-refractivity contribution in [3.8, 4) is 0 Å². The molecule has 0 radical (unpaired) electrons. The molecule has 0 amide bonds. The van der Waals surface area contributed by atoms with E-state index in [1.54, 1.807) is 0 Å². The number of ether oxygens (including phenoxy) is 2. The smallest absolute Gasteiger partial charge is 0.156 e. The van der Waals surface area contributed by atoms with Crippen LogP contribution in [0.5, 0.6) is 0 Å². The van der Waals surface area contributed by atoms with Crippen molar-refractivity contribution in [2.75, 3.05) is 65.1 Å². The summed E-state index contributed by atoms with van der Waals surface area (Å²) in [4.78, 5) is 4.78. The first-order chi connectivity index (χ1) is 18.3. The molecule has 1 aromatic carbocycles. The molecule has 4 heterocycles. The monoisotopic (exact) mass is 531 g/mol. The minimum absolute atomic E-state index is 0.0717. The fraction of sp³-hybridized carbons (Fsp3) is 0.724. The highest BCUT2D eigenvalue weighted by Gasteiger charge is 2.37. The van der Waals surface area contributed by atoms with Crippen molar-refractivity contribution < 1.29 is 19.0 Å². The standard InChI is InChI=1S/C29H46FN5O3/c1-20-11-28(12-29(36)38-20)32(3)10-9-26-17-33(4)35(31-26)16-23(13-30)21(2)22-5-7-27(8-6-22)34-14-24-18-37-19-25(24)15-34/h5-8,17,20-21,23-25,28-29,31,36H,9-16,18-19H2,1-4H3/t20-,21?,23+,24-,25+,28+,29-/m1/s1. The summed E-state index contributed by atoms with van der Waals surface area (Å²) < 4.78 is 25.4. The highest BCUT2D eigenvalue weighted by Crippen LogP contribution is 2.34. The Labute approximate surface area is 227 Å². The first-order valence-corrected chi connectivity index (χ1v) is 14.3. The van der Waals surface area contributed by atoms with Crippen LogP contribution in [0.25, 0.3) is 0 Å². The Morgan fingerprint density at radius 2 is 1.87 bits per heavy atom. The second kappa shape index (κ2) is 12.1. The second-order valence-electron chi connectivity index (χ2n) is 11.9. The number of rotatable bonds is 10. The third kappa shape index (κ3) is 6.28. The largest absolute Gasteiger partial charge is 0.381 e. The molecule has 1 unspecified atom stereocenters. The minimum atomic E-state index is -0.678. The number of fused-ring (bicyclic) bond motifs is 1. The zero-order valence-electron chi connectivity index (χ0n) is 23.4. The number of anilines is 1. The molecule has 0 spiro atoms. The summed E-state index contributed by atoms with van der Waals surface area (Å²) >= 11 is 0. The van der Waals surface area contributed by atoms with E-state index in [-0.39, 0.29) is 24.6 Å². The molecule has 38 heavy (non-hydrogen) atoms. The van der Waals surface area contributed by atoms with Crippen molar-refractivity contribution in [1.29, 1.82) is 0 Å². The van der Waals surface area contributed by atoms with E-state index < -0.39 is 6.29 Å². The van der Waals surface area contributed by atoms with Gasteiger partial charge in [0.25, 0.3) is 0 Å². The molecule has 8 nitrogen and oxygen atoms in total. The maximum Gasteiger partial charge on any atom is 0.156 e. The van der Waals surface area contributed by atoms with Gasteiger partial charge in [0.05, 0.1) is 26.0 Å². The van der Waals surface area contributed by atoms with Gasteiger partial charge in [-0.3, -0.25) is 9.40 Å². The number of hydrogen-bond acceptors (Lipinski definition) is 8. The third-order valence-corrected chi connectivity index (χ3v) is 9.16. The lowest BCUT2D eigenvalue weighted by Gasteiger charge is -2.36. The Balaban J connectivity index is 1.10. The molecule has 4 aliphatic heterocycles. The first kappa shape index (κ1) is 27.6. The number of benzene rings is 1. The van der Waals surface area contributed by atoms with Gasteiger partial charge < -0.3 is 29.8 Å². The molecule has 3 saturated heterocycles. The van der Waals surface area contributed by atoms with Crippen LogP contribution in [0.4, 0.5) is 10.1 Å². The predicted molar refractivity (Wildman–Crippen MR) is 147 cm³/mol. The van der Waals surface area contributed by atoms with Crippen LogP contribution in [-0.2, 0) is 9.47 Å². The molecule has 0 saturated carbocycles. The molecule has 5 rings (SSSR count). The molecule has 3 fully saturated rings. The maximum atomic E-state index is 14.3. The fourth-order valence-electron chi connectivity index (χ4n) is 6.52. The van der Waals surface area contributed by atoms with Crippen LogP contribution < -0.4 is 10.3 Å². The van der Waals surface area contributed by atoms with Gasteiger partial charge in [0.1, 0.15) is 0 Å². The Morgan fingerprint density at radius 3 is 2.53 bits per heavy atom. The number of nitrogens with zero attached hydrogens (tertiary/aromatic N) is 4. The number of alkyl halides is 1. The number of hydrogen-bond donors (Lipinski definition) is 2. The Hall–Kier alpha value is -1.91. The van der Waals surface area contributed by atoms with Gasteiger partial charge in [-0.25, -0.2) is 0 Å². The summed E-state index contributed by atoms with van der Waals surface area (Å²) in [5.74, 6) is 1.30. The fourth-order valence-corrected chi connectivity index (χ4v) is 6.52. The minimum Gasteiger partial charge on any atom is -0.381 e. The number of aliphatic hydroxyl groups is 1. The van der Waals surface area contributed by atoms with E-state index >= 15 is 0 Å². The van der Waals surface area contributed by atoms with Crippen molar-refractivity contribution in [2.45, 2.75) is 57.5 Å². The molecular formula is C29H46FN5O3. The molecule has 0 bridgehead atoms. The van der Waals surface area contributed by atoms with E-state index in [1.165, 1.54) is 11.3 Å². The number of nitrogens with one attached hydrogen (secondary N) is 1. The SMILES string of the molecule is CC(c1ccc(N2C[C@H]3COC[C@H]3C2)cc1)[C@@H](CF)CN1NC(CCN(C)[C@H]2C[C@@H](C)O[C@@H](O)C2)=CN1C. The van der Waals surface area contributed by atoms with Gasteiger partial charge >= 0.3 is 0 Å². The Bertz CT molecular complexity index is 927. The lowest BCUT2D eigenvalue weighted by Crippen LogP contribution is -2.45. The zero-order valence-corrected chi connectivity index (χ0v) is 23.4. The third-order valence-electron chi connectivity index (χ3n) is 9.16. The molecule has 9 heteroatoms. The quantitative estimate of drug-likeness (QED) is 0.478. The van der Waals surface area contributed by atoms with Crippen molar-refractivity contribution >= 4 is 5.69 Å². The van der Waals surface area contributed by atoms with Gasteiger partial charge in [-0.2, -0.15) is 0 Å². The average molecular weight is 532 g/mol. The summed E-state index contributed by atoms with van der Waals surface area (Å²) in [6, 6.07) is 9.09. The number of hydrazine groups is 2. The zero-order chi connectivity index (χ0) is 26.8. The predicted octanol–water partition coefficient (Wildman–Crippen LogP) is 3.17. The molecule has 212 valence electrons. The van der Waals surface area contributed by atoms with E-state index in [0.717, 1.165) is 51.4 Å². The highest BCUT2D eigenvalue weighted by atomic mass is 19.1. The average Bonchev–Trinajstić information content (AvgIpc) is 3.60. The lowest BCUT2D eigenvalue weighted by atomic mass is 9.88. The maximum absolute atomic E-state index is 14.3. The van der Waals surface area contributed by atoms with Crippen LogP contribution in [0.1, 0.15) is 44.6 Å². The number of aliphatic hydroxyl groups excluding tert-OH is 1. The Kier molecular flexibility index (Phi) is 8.79. The molecule has 7 atom stereocenters. The lowest BCUT2D eigenvalue weighted by molar-refractivity contribution is -0.173. The van der Waals surface area contributed by atoms with Crippen molar-refractivity contribution in [1.82, 2.24) is 20.5 Å². The van der Waals surface area contributed by atoms with Gasteiger partial charge in [-0.15, -0.1) is 5.12 Å². The van der Waals surface area contributed by atoms with Crippen LogP contribution in [0.2, 0.25) is 0 Å². The van der Waals surface area contributed by atoms with Gasteiger partial charge in [0.15, 0.2) is 6.29 Å². The van der Waals surface area contributed by atoms with Crippen LogP contribution in [0, 0.1) is 17.8 Å². The van der Waals surface area contributed by atoms with Gasteiger partial charge in [0.2, 0.25) is 0 Å². The summed E-state index contributed by atoms with van der Waals surface area (Å²) in [5, 5.41) is 14.0. The highest BCUT2D eigenvalue weighted by molar-refractivity contribution is 5.49. The van der Waals surface area contributed by atoms with Crippen LogP contribution >= 0.6 is 0 Å². The normalized spacial score (nSPS) is 31.4. The van der Waals surface area contributed by atoms with E-state index in [1.807, 2.05) is 24.1 Å². The number of halogens is 1. The van der Waals surface area contributed by atoms with Gasteiger partial charge in [-0.05, 0) is 44.0 Å². The van der Waals surface area contributed by atoms with E-state index in [0.29, 0.717) is 30.8 Å². The summed E-state index contributed by atoms with van der Waals surface area (Å²) in [6.45, 7) is 9.17. The van der Waals surface area contributed by atoms with Gasteiger partial charge in [0, 0.05) is 87.4 Å². The summed E-state index contributed by atoms with van der Waals surface area (Å²) in [6.07, 6.45) is 3.92. The Morgan fingerprint density at radius 1 is 1.16 bits per heavy atom. The first-order valence-electron chi connectivity index (χ1n) is 14.3.